The summed E-state index contributed by atoms with van der Waals surface area (Å²) >= 11 is 5.93. The van der Waals surface area contributed by atoms with Crippen LogP contribution in [0.2, 0.25) is 0 Å². The minimum absolute atomic E-state index is 0.579. The van der Waals surface area contributed by atoms with Crippen LogP contribution in [0, 0.1) is 6.92 Å². The number of nitrogens with zero attached hydrogens (tertiary/aromatic N) is 5. The number of aromatic nitrogens is 3. The normalized spacial score (nSPS) is 17.1. The number of alkyl halides is 1. The van der Waals surface area contributed by atoms with Gasteiger partial charge in [-0.25, -0.2) is 14.6 Å². The zero-order chi connectivity index (χ0) is 14.1. The molecule has 5 nitrogen and oxygen atoms in total. The van der Waals surface area contributed by atoms with Crippen molar-refractivity contribution in [3.63, 3.8) is 0 Å². The molecule has 108 valence electrons. The van der Waals surface area contributed by atoms with Gasteiger partial charge in [0, 0.05) is 44.7 Å². The summed E-state index contributed by atoms with van der Waals surface area (Å²) in [4.78, 5) is 11.6. The topological polar surface area (TPSA) is 37.2 Å². The van der Waals surface area contributed by atoms with Crippen molar-refractivity contribution >= 4 is 22.8 Å². The zero-order valence-electron chi connectivity index (χ0n) is 12.0. The standard InChI is InChI=1S/C14H20ClN5/c1-11-9-12-14(16-10-11)20(13(17-12)3-4-15)19-7-5-18(2)6-8-19/h9-10H,3-8H2,1-2H3. The highest BCUT2D eigenvalue weighted by atomic mass is 35.5. The molecule has 0 radical (unpaired) electrons. The van der Waals surface area contributed by atoms with Gasteiger partial charge < -0.3 is 9.91 Å². The van der Waals surface area contributed by atoms with Crippen LogP contribution in [0.1, 0.15) is 11.4 Å². The summed E-state index contributed by atoms with van der Waals surface area (Å²) in [6, 6.07) is 2.09. The van der Waals surface area contributed by atoms with Crippen molar-refractivity contribution in [3.8, 4) is 0 Å². The Labute approximate surface area is 124 Å². The molecule has 1 aliphatic heterocycles. The quantitative estimate of drug-likeness (QED) is 0.802. The van der Waals surface area contributed by atoms with Crippen LogP contribution in [0.3, 0.4) is 0 Å². The molecule has 1 fully saturated rings. The molecule has 0 aromatic carbocycles. The third-order valence-electron chi connectivity index (χ3n) is 3.76. The van der Waals surface area contributed by atoms with Crippen molar-refractivity contribution < 1.29 is 0 Å². The molecule has 2 aromatic heterocycles. The highest BCUT2D eigenvalue weighted by Gasteiger charge is 2.20. The summed E-state index contributed by atoms with van der Waals surface area (Å²) in [5, 5.41) is 2.33. The van der Waals surface area contributed by atoms with Crippen molar-refractivity contribution in [2.75, 3.05) is 44.1 Å². The smallest absolute Gasteiger partial charge is 0.179 e. The molecule has 0 spiro atoms. The van der Waals surface area contributed by atoms with Gasteiger partial charge in [0.2, 0.25) is 0 Å². The minimum Gasteiger partial charge on any atom is -0.307 e. The van der Waals surface area contributed by atoms with Gasteiger partial charge in [-0.2, -0.15) is 0 Å². The van der Waals surface area contributed by atoms with Gasteiger partial charge in [0.15, 0.2) is 5.65 Å². The molecule has 6 heteroatoms. The predicted octanol–water partition coefficient (Wildman–Crippen LogP) is 1.40. The van der Waals surface area contributed by atoms with Crippen molar-refractivity contribution in [2.45, 2.75) is 13.3 Å². The maximum absolute atomic E-state index is 5.93. The fourth-order valence-electron chi connectivity index (χ4n) is 2.64. The van der Waals surface area contributed by atoms with Gasteiger partial charge >= 0.3 is 0 Å². The lowest BCUT2D eigenvalue weighted by molar-refractivity contribution is 0.287. The lowest BCUT2D eigenvalue weighted by atomic mass is 10.3. The Balaban J connectivity index is 2.04. The summed E-state index contributed by atoms with van der Waals surface area (Å²) < 4.78 is 2.17. The average molecular weight is 294 g/mol. The zero-order valence-corrected chi connectivity index (χ0v) is 12.8. The van der Waals surface area contributed by atoms with E-state index >= 15 is 0 Å². The Morgan fingerprint density at radius 1 is 1.25 bits per heavy atom. The van der Waals surface area contributed by atoms with E-state index in [4.69, 9.17) is 16.6 Å². The molecule has 0 amide bonds. The summed E-state index contributed by atoms with van der Waals surface area (Å²) in [6.45, 7) is 6.15. The number of piperazine rings is 1. The fraction of sp³-hybridized carbons (Fsp3) is 0.571. The maximum Gasteiger partial charge on any atom is 0.179 e. The van der Waals surface area contributed by atoms with Crippen molar-refractivity contribution in [2.24, 2.45) is 0 Å². The van der Waals surface area contributed by atoms with Crippen LogP contribution in [0.4, 0.5) is 0 Å². The molecule has 3 heterocycles. The van der Waals surface area contributed by atoms with Gasteiger partial charge in [0.1, 0.15) is 11.3 Å². The van der Waals surface area contributed by atoms with Crippen LogP contribution in [-0.4, -0.2) is 58.7 Å². The Morgan fingerprint density at radius 2 is 2.00 bits per heavy atom. The van der Waals surface area contributed by atoms with E-state index in [0.717, 1.165) is 55.2 Å². The highest BCUT2D eigenvalue weighted by Crippen LogP contribution is 2.17. The number of hydrogen-bond donors (Lipinski definition) is 0. The number of rotatable bonds is 3. The molecule has 1 aliphatic rings. The van der Waals surface area contributed by atoms with Crippen LogP contribution < -0.4 is 5.01 Å². The second-order valence-corrected chi connectivity index (χ2v) is 5.77. The van der Waals surface area contributed by atoms with Gasteiger partial charge in [-0.1, -0.05) is 0 Å². The number of aryl methyl sites for hydroxylation is 2. The monoisotopic (exact) mass is 293 g/mol. The number of pyridine rings is 1. The molecular formula is C14H20ClN5. The van der Waals surface area contributed by atoms with E-state index in [1.165, 1.54) is 0 Å². The molecule has 20 heavy (non-hydrogen) atoms. The largest absolute Gasteiger partial charge is 0.307 e. The second-order valence-electron chi connectivity index (χ2n) is 5.39. The van der Waals surface area contributed by atoms with Crippen LogP contribution in [0.15, 0.2) is 12.3 Å². The summed E-state index contributed by atoms with van der Waals surface area (Å²) in [5.74, 6) is 1.59. The SMILES string of the molecule is Cc1cnc2c(c1)nc(CCCl)n2N1CCN(C)CC1. The van der Waals surface area contributed by atoms with E-state index in [1.807, 2.05) is 13.1 Å². The first-order valence-corrected chi connectivity index (χ1v) is 7.56. The number of imidazole rings is 1. The van der Waals surface area contributed by atoms with Gasteiger partial charge in [-0.05, 0) is 25.6 Å². The van der Waals surface area contributed by atoms with Crippen LogP contribution in [0.5, 0.6) is 0 Å². The van der Waals surface area contributed by atoms with Gasteiger partial charge in [0.25, 0.3) is 0 Å². The first-order valence-electron chi connectivity index (χ1n) is 7.03. The minimum atomic E-state index is 0.579. The molecule has 1 saturated heterocycles. The summed E-state index contributed by atoms with van der Waals surface area (Å²) in [6.07, 6.45) is 2.67. The number of fused-ring (bicyclic) bond motifs is 1. The summed E-state index contributed by atoms with van der Waals surface area (Å²) in [5.41, 5.74) is 3.04. The van der Waals surface area contributed by atoms with E-state index in [2.05, 4.69) is 32.7 Å². The summed E-state index contributed by atoms with van der Waals surface area (Å²) in [7, 11) is 2.16. The van der Waals surface area contributed by atoms with Crippen molar-refractivity contribution in [1.82, 2.24) is 19.5 Å². The van der Waals surface area contributed by atoms with Gasteiger partial charge in [-0.3, -0.25) is 0 Å². The van der Waals surface area contributed by atoms with Crippen LogP contribution >= 0.6 is 11.6 Å². The van der Waals surface area contributed by atoms with E-state index in [-0.39, 0.29) is 0 Å². The van der Waals surface area contributed by atoms with Crippen LogP contribution in [0.25, 0.3) is 11.2 Å². The Hall–Kier alpha value is -1.33. The third kappa shape index (κ3) is 2.47. The lowest BCUT2D eigenvalue weighted by Crippen LogP contribution is -2.50. The van der Waals surface area contributed by atoms with Crippen molar-refractivity contribution in [3.05, 3.63) is 23.7 Å². The number of likely N-dealkylation sites (N-methyl/N-ethyl adjacent to an activating group) is 1. The molecule has 0 atom stereocenters. The van der Waals surface area contributed by atoms with E-state index in [0.29, 0.717) is 5.88 Å². The van der Waals surface area contributed by atoms with E-state index < -0.39 is 0 Å². The molecule has 3 rings (SSSR count). The highest BCUT2D eigenvalue weighted by molar-refractivity contribution is 6.17. The second kappa shape index (κ2) is 5.58. The number of hydrogen-bond acceptors (Lipinski definition) is 4. The Bertz CT molecular complexity index is 601. The molecule has 0 aliphatic carbocycles. The van der Waals surface area contributed by atoms with Gasteiger partial charge in [0.05, 0.1) is 0 Å². The van der Waals surface area contributed by atoms with E-state index in [1.54, 1.807) is 0 Å². The maximum atomic E-state index is 5.93. The fourth-order valence-corrected chi connectivity index (χ4v) is 2.81. The molecule has 0 saturated carbocycles. The molecule has 0 N–H and O–H groups in total. The first kappa shape index (κ1) is 13.6. The molecule has 0 unspecified atom stereocenters. The molecule has 0 bridgehead atoms. The Kier molecular flexibility index (Phi) is 3.81. The van der Waals surface area contributed by atoms with Gasteiger partial charge in [-0.15, -0.1) is 11.6 Å². The third-order valence-corrected chi connectivity index (χ3v) is 3.95. The Morgan fingerprint density at radius 3 is 2.70 bits per heavy atom. The van der Waals surface area contributed by atoms with E-state index in [9.17, 15) is 0 Å². The molecular weight excluding hydrogens is 274 g/mol. The van der Waals surface area contributed by atoms with Crippen molar-refractivity contribution in [1.29, 1.82) is 0 Å². The average Bonchev–Trinajstić information content (AvgIpc) is 2.77. The number of halogens is 1. The lowest BCUT2D eigenvalue weighted by Gasteiger charge is -2.35. The van der Waals surface area contributed by atoms with Crippen LogP contribution in [-0.2, 0) is 6.42 Å². The molecule has 2 aromatic rings. The first-order chi connectivity index (χ1) is 9.69. The predicted molar refractivity (Wildman–Crippen MR) is 82.1 cm³/mol.